The number of amides is 2. The molecule has 0 saturated carbocycles. The van der Waals surface area contributed by atoms with E-state index in [1.165, 1.54) is 0 Å². The van der Waals surface area contributed by atoms with Gasteiger partial charge in [-0.25, -0.2) is 0 Å². The smallest absolute Gasteiger partial charge is 0.270 e. The molecular formula is C19H16ClN3O2. The molecule has 0 aliphatic heterocycles. The molecular weight excluding hydrogens is 338 g/mol. The average Bonchev–Trinajstić information content (AvgIpc) is 2.61. The number of hydrogen-bond donors (Lipinski definition) is 2. The van der Waals surface area contributed by atoms with Crippen molar-refractivity contribution in [1.82, 2.24) is 10.3 Å². The maximum atomic E-state index is 12.5. The summed E-state index contributed by atoms with van der Waals surface area (Å²) in [7, 11) is 0. The zero-order valence-electron chi connectivity index (χ0n) is 13.5. The first-order valence-corrected chi connectivity index (χ1v) is 8.08. The maximum Gasteiger partial charge on any atom is 0.270 e. The highest BCUT2D eigenvalue weighted by Gasteiger charge is 2.13. The van der Waals surface area contributed by atoms with Gasteiger partial charge < -0.3 is 11.1 Å². The normalized spacial score (nSPS) is 11.9. The molecule has 1 unspecified atom stereocenters. The van der Waals surface area contributed by atoms with Crippen LogP contribution in [0.5, 0.6) is 0 Å². The van der Waals surface area contributed by atoms with Crippen molar-refractivity contribution < 1.29 is 9.59 Å². The lowest BCUT2D eigenvalue weighted by Crippen LogP contribution is -2.27. The Kier molecular flexibility index (Phi) is 4.67. The minimum Gasteiger partial charge on any atom is -0.366 e. The second-order valence-corrected chi connectivity index (χ2v) is 6.18. The summed E-state index contributed by atoms with van der Waals surface area (Å²) < 4.78 is 0. The van der Waals surface area contributed by atoms with E-state index in [-0.39, 0.29) is 11.9 Å². The van der Waals surface area contributed by atoms with E-state index in [4.69, 9.17) is 17.3 Å². The number of benzene rings is 2. The van der Waals surface area contributed by atoms with Gasteiger partial charge in [-0.1, -0.05) is 29.8 Å². The molecule has 3 rings (SSSR count). The number of hydrogen-bond acceptors (Lipinski definition) is 3. The average molecular weight is 354 g/mol. The summed E-state index contributed by atoms with van der Waals surface area (Å²) in [4.78, 5) is 27.8. The van der Waals surface area contributed by atoms with Crippen LogP contribution in [0.2, 0.25) is 5.02 Å². The van der Waals surface area contributed by atoms with Gasteiger partial charge in [0.1, 0.15) is 5.69 Å². The molecule has 0 saturated heterocycles. The number of carbonyl (C=O) groups is 2. The highest BCUT2D eigenvalue weighted by molar-refractivity contribution is 6.31. The SMILES string of the molecule is CC(NC(=O)c1cc2cc(Cl)ccc2cn1)c1ccc(C(N)=O)cc1. The molecule has 0 radical (unpaired) electrons. The van der Waals surface area contributed by atoms with Crippen molar-refractivity contribution in [3.8, 4) is 0 Å². The number of aromatic nitrogens is 1. The van der Waals surface area contributed by atoms with E-state index in [0.717, 1.165) is 16.3 Å². The summed E-state index contributed by atoms with van der Waals surface area (Å²) in [5, 5.41) is 5.26. The lowest BCUT2D eigenvalue weighted by molar-refractivity contribution is 0.0933. The summed E-state index contributed by atoms with van der Waals surface area (Å²) >= 11 is 6.00. The summed E-state index contributed by atoms with van der Waals surface area (Å²) in [5.74, 6) is -0.768. The van der Waals surface area contributed by atoms with Crippen molar-refractivity contribution in [3.05, 3.63) is 76.6 Å². The van der Waals surface area contributed by atoms with Gasteiger partial charge >= 0.3 is 0 Å². The Morgan fingerprint density at radius 1 is 1.08 bits per heavy atom. The van der Waals surface area contributed by atoms with Crippen molar-refractivity contribution in [1.29, 1.82) is 0 Å². The van der Waals surface area contributed by atoms with E-state index in [0.29, 0.717) is 16.3 Å². The second kappa shape index (κ2) is 6.91. The fourth-order valence-electron chi connectivity index (χ4n) is 2.53. The van der Waals surface area contributed by atoms with E-state index in [2.05, 4.69) is 10.3 Å². The van der Waals surface area contributed by atoms with Crippen LogP contribution in [-0.2, 0) is 0 Å². The molecule has 0 spiro atoms. The number of rotatable bonds is 4. The molecule has 0 aliphatic carbocycles. The third-order valence-corrected chi connectivity index (χ3v) is 4.19. The van der Waals surface area contributed by atoms with Crippen LogP contribution in [0.25, 0.3) is 10.8 Å². The minimum absolute atomic E-state index is 0.244. The third kappa shape index (κ3) is 3.78. The lowest BCUT2D eigenvalue weighted by Gasteiger charge is -2.14. The molecule has 3 aromatic rings. The van der Waals surface area contributed by atoms with Crippen molar-refractivity contribution in [2.45, 2.75) is 13.0 Å². The molecule has 1 heterocycles. The molecule has 3 N–H and O–H groups in total. The molecule has 1 atom stereocenters. The quantitative estimate of drug-likeness (QED) is 0.753. The van der Waals surface area contributed by atoms with Crippen LogP contribution in [0.15, 0.2) is 54.7 Å². The first-order chi connectivity index (χ1) is 11.9. The third-order valence-electron chi connectivity index (χ3n) is 3.96. The predicted molar refractivity (Wildman–Crippen MR) is 97.6 cm³/mol. The number of nitrogens with two attached hydrogens (primary N) is 1. The Morgan fingerprint density at radius 3 is 2.48 bits per heavy atom. The highest BCUT2D eigenvalue weighted by Crippen LogP contribution is 2.20. The molecule has 2 aromatic carbocycles. The van der Waals surface area contributed by atoms with Crippen LogP contribution in [0, 0.1) is 0 Å². The van der Waals surface area contributed by atoms with Crippen molar-refractivity contribution >= 4 is 34.2 Å². The largest absolute Gasteiger partial charge is 0.366 e. The molecule has 0 fully saturated rings. The number of fused-ring (bicyclic) bond motifs is 1. The summed E-state index contributed by atoms with van der Waals surface area (Å²) in [6, 6.07) is 13.7. The second-order valence-electron chi connectivity index (χ2n) is 5.74. The Bertz CT molecular complexity index is 955. The fraction of sp³-hybridized carbons (Fsp3) is 0.105. The number of pyridine rings is 1. The van der Waals surface area contributed by atoms with Gasteiger partial charge in [-0.05, 0) is 48.2 Å². The molecule has 1 aromatic heterocycles. The standard InChI is InChI=1S/C19H16ClN3O2/c1-11(12-2-4-13(5-3-12)18(21)24)23-19(25)17-9-15-8-16(20)7-6-14(15)10-22-17/h2-11H,1H3,(H2,21,24)(H,23,25). The topological polar surface area (TPSA) is 85.1 Å². The van der Waals surface area contributed by atoms with Crippen LogP contribution in [0.3, 0.4) is 0 Å². The van der Waals surface area contributed by atoms with Crippen LogP contribution in [0.1, 0.15) is 39.4 Å². The van der Waals surface area contributed by atoms with Gasteiger partial charge in [0.2, 0.25) is 5.91 Å². The summed E-state index contributed by atoms with van der Waals surface area (Å²) in [6.07, 6.45) is 1.65. The van der Waals surface area contributed by atoms with Crippen molar-refractivity contribution in [3.63, 3.8) is 0 Å². The first kappa shape index (κ1) is 16.9. The Morgan fingerprint density at radius 2 is 1.80 bits per heavy atom. The van der Waals surface area contributed by atoms with Crippen LogP contribution >= 0.6 is 11.6 Å². The number of nitrogens with one attached hydrogen (secondary N) is 1. The van der Waals surface area contributed by atoms with Gasteiger partial charge in [-0.15, -0.1) is 0 Å². The van der Waals surface area contributed by atoms with Crippen LogP contribution < -0.4 is 11.1 Å². The molecule has 0 bridgehead atoms. The predicted octanol–water partition coefficient (Wildman–Crippen LogP) is 3.48. The molecule has 126 valence electrons. The van der Waals surface area contributed by atoms with Crippen molar-refractivity contribution in [2.24, 2.45) is 5.73 Å². The van der Waals surface area contributed by atoms with E-state index in [1.807, 2.05) is 13.0 Å². The monoisotopic (exact) mass is 353 g/mol. The van der Waals surface area contributed by atoms with Crippen LogP contribution in [0.4, 0.5) is 0 Å². The van der Waals surface area contributed by atoms with E-state index in [9.17, 15) is 9.59 Å². The molecule has 2 amide bonds. The van der Waals surface area contributed by atoms with Gasteiger partial charge in [0.15, 0.2) is 0 Å². The summed E-state index contributed by atoms with van der Waals surface area (Å²) in [6.45, 7) is 1.86. The Balaban J connectivity index is 1.77. The number of carbonyl (C=O) groups excluding carboxylic acids is 2. The fourth-order valence-corrected chi connectivity index (χ4v) is 2.71. The summed E-state index contributed by atoms with van der Waals surface area (Å²) in [5.41, 5.74) is 6.83. The first-order valence-electron chi connectivity index (χ1n) is 7.70. The molecule has 6 heteroatoms. The van der Waals surface area contributed by atoms with Crippen molar-refractivity contribution in [2.75, 3.05) is 0 Å². The molecule has 25 heavy (non-hydrogen) atoms. The zero-order valence-corrected chi connectivity index (χ0v) is 14.2. The molecule has 0 aliphatic rings. The van der Waals surface area contributed by atoms with E-state index < -0.39 is 5.91 Å². The van der Waals surface area contributed by atoms with Crippen LogP contribution in [-0.4, -0.2) is 16.8 Å². The van der Waals surface area contributed by atoms with Gasteiger partial charge in [0.05, 0.1) is 6.04 Å². The van der Waals surface area contributed by atoms with Gasteiger partial charge in [0.25, 0.3) is 5.91 Å². The number of nitrogens with zero attached hydrogens (tertiary/aromatic N) is 1. The van der Waals surface area contributed by atoms with E-state index in [1.54, 1.807) is 48.7 Å². The Hall–Kier alpha value is -2.92. The van der Waals surface area contributed by atoms with Gasteiger partial charge in [0, 0.05) is 22.2 Å². The molecule has 5 nitrogen and oxygen atoms in total. The number of halogens is 1. The highest BCUT2D eigenvalue weighted by atomic mass is 35.5. The minimum atomic E-state index is -0.484. The Labute approximate surface area is 149 Å². The van der Waals surface area contributed by atoms with E-state index >= 15 is 0 Å². The van der Waals surface area contributed by atoms with Gasteiger partial charge in [-0.2, -0.15) is 0 Å². The number of primary amides is 1. The zero-order chi connectivity index (χ0) is 18.0. The maximum absolute atomic E-state index is 12.5. The van der Waals surface area contributed by atoms with Gasteiger partial charge in [-0.3, -0.25) is 14.6 Å². The lowest BCUT2D eigenvalue weighted by atomic mass is 10.1.